The number of halogens is 1. The fourth-order valence-corrected chi connectivity index (χ4v) is 3.65. The van der Waals surface area contributed by atoms with E-state index in [1.165, 1.54) is 12.1 Å². The highest BCUT2D eigenvalue weighted by molar-refractivity contribution is 9.10. The maximum absolute atomic E-state index is 12.5. The van der Waals surface area contributed by atoms with Gasteiger partial charge < -0.3 is 10.1 Å². The Morgan fingerprint density at radius 2 is 1.96 bits per heavy atom. The summed E-state index contributed by atoms with van der Waals surface area (Å²) in [6.07, 6.45) is -0.578. The van der Waals surface area contributed by atoms with Gasteiger partial charge in [-0.15, -0.1) is 0 Å². The van der Waals surface area contributed by atoms with Crippen LogP contribution in [0.1, 0.15) is 12.5 Å². The summed E-state index contributed by atoms with van der Waals surface area (Å²) in [5, 5.41) is 2.69. The van der Waals surface area contributed by atoms with E-state index in [1.54, 1.807) is 31.2 Å². The first-order valence-electron chi connectivity index (χ1n) is 7.17. The lowest BCUT2D eigenvalue weighted by molar-refractivity contribution is -0.122. The maximum atomic E-state index is 12.5. The van der Waals surface area contributed by atoms with Crippen molar-refractivity contribution in [3.63, 3.8) is 0 Å². The molecular formula is C16H15BrN2O4S. The summed E-state index contributed by atoms with van der Waals surface area (Å²) < 4.78 is 33.8. The molecule has 1 aliphatic rings. The number of rotatable bonds is 3. The van der Waals surface area contributed by atoms with E-state index in [9.17, 15) is 13.2 Å². The van der Waals surface area contributed by atoms with E-state index in [0.29, 0.717) is 17.1 Å². The summed E-state index contributed by atoms with van der Waals surface area (Å²) in [6, 6.07) is 9.53. The highest BCUT2D eigenvalue weighted by Gasteiger charge is 2.24. The molecule has 0 fully saturated rings. The molecule has 1 heterocycles. The highest BCUT2D eigenvalue weighted by Crippen LogP contribution is 2.33. The summed E-state index contributed by atoms with van der Waals surface area (Å²) in [4.78, 5) is 11.8. The lowest BCUT2D eigenvalue weighted by Gasteiger charge is -2.23. The van der Waals surface area contributed by atoms with Gasteiger partial charge in [-0.3, -0.25) is 9.52 Å². The minimum Gasteiger partial charge on any atom is -0.479 e. The van der Waals surface area contributed by atoms with Gasteiger partial charge in [-0.05, 0) is 55.8 Å². The van der Waals surface area contributed by atoms with Crippen LogP contribution < -0.4 is 14.8 Å². The molecule has 0 saturated carbocycles. The molecule has 2 N–H and O–H groups in total. The first kappa shape index (κ1) is 16.8. The van der Waals surface area contributed by atoms with Gasteiger partial charge in [0.1, 0.15) is 5.75 Å². The molecule has 0 aromatic heterocycles. The first-order valence-corrected chi connectivity index (χ1v) is 9.44. The van der Waals surface area contributed by atoms with Gasteiger partial charge in [-0.2, -0.15) is 0 Å². The largest absolute Gasteiger partial charge is 0.479 e. The number of fused-ring (bicyclic) bond motifs is 1. The summed E-state index contributed by atoms with van der Waals surface area (Å²) in [6.45, 7) is 3.46. The number of amides is 1. The van der Waals surface area contributed by atoms with Crippen LogP contribution in [0.3, 0.4) is 0 Å². The van der Waals surface area contributed by atoms with Crippen LogP contribution in [0.15, 0.2) is 45.8 Å². The second kappa shape index (κ2) is 6.10. The molecule has 1 atom stereocenters. The predicted octanol–water partition coefficient (Wildman–Crippen LogP) is 3.28. The molecule has 0 spiro atoms. The van der Waals surface area contributed by atoms with Crippen molar-refractivity contribution in [3.05, 3.63) is 46.4 Å². The van der Waals surface area contributed by atoms with E-state index in [0.717, 1.165) is 10.0 Å². The van der Waals surface area contributed by atoms with Crippen molar-refractivity contribution >= 4 is 43.2 Å². The number of hydrogen-bond acceptors (Lipinski definition) is 4. The molecule has 6 nitrogen and oxygen atoms in total. The second-order valence-corrected chi connectivity index (χ2v) is 8.01. The third kappa shape index (κ3) is 3.25. The minimum atomic E-state index is -3.73. The van der Waals surface area contributed by atoms with Crippen molar-refractivity contribution in [2.45, 2.75) is 24.8 Å². The van der Waals surface area contributed by atoms with E-state index >= 15 is 0 Å². The number of benzene rings is 2. The quantitative estimate of drug-likeness (QED) is 0.812. The molecule has 0 saturated heterocycles. The first-order chi connectivity index (χ1) is 11.3. The zero-order valence-corrected chi connectivity index (χ0v) is 15.4. The molecule has 0 bridgehead atoms. The average Bonchev–Trinajstić information content (AvgIpc) is 2.51. The van der Waals surface area contributed by atoms with Crippen LogP contribution in [0, 0.1) is 6.92 Å². The number of anilines is 2. The van der Waals surface area contributed by atoms with Crippen molar-refractivity contribution < 1.29 is 17.9 Å². The Morgan fingerprint density at radius 3 is 2.67 bits per heavy atom. The number of nitrogens with one attached hydrogen (secondary N) is 2. The number of aryl methyl sites for hydroxylation is 1. The van der Waals surface area contributed by atoms with Gasteiger partial charge in [0.25, 0.3) is 15.9 Å². The van der Waals surface area contributed by atoms with Crippen LogP contribution in [0.25, 0.3) is 0 Å². The van der Waals surface area contributed by atoms with Gasteiger partial charge in [0.2, 0.25) is 0 Å². The SMILES string of the molecule is Cc1cc(S(=O)(=O)Nc2ccc3c(c2)NC(=O)[C@@H](C)O3)ccc1Br. The van der Waals surface area contributed by atoms with Gasteiger partial charge in [-0.25, -0.2) is 8.42 Å². The third-order valence-corrected chi connectivity index (χ3v) is 5.87. The van der Waals surface area contributed by atoms with Crippen LogP contribution in [-0.2, 0) is 14.8 Å². The van der Waals surface area contributed by atoms with Crippen LogP contribution in [0.2, 0.25) is 0 Å². The zero-order valence-electron chi connectivity index (χ0n) is 13.0. The summed E-state index contributed by atoms with van der Waals surface area (Å²) >= 11 is 3.35. The summed E-state index contributed by atoms with van der Waals surface area (Å²) in [5.74, 6) is 0.232. The third-order valence-electron chi connectivity index (χ3n) is 3.60. The smallest absolute Gasteiger partial charge is 0.265 e. The van der Waals surface area contributed by atoms with Gasteiger partial charge >= 0.3 is 0 Å². The zero-order chi connectivity index (χ0) is 17.5. The Labute approximate surface area is 148 Å². The molecule has 0 aliphatic carbocycles. The van der Waals surface area contributed by atoms with Gasteiger partial charge in [0.15, 0.2) is 6.10 Å². The van der Waals surface area contributed by atoms with Gasteiger partial charge in [0, 0.05) is 4.47 Å². The van der Waals surface area contributed by atoms with Crippen molar-refractivity contribution in [3.8, 4) is 5.75 Å². The number of hydrogen-bond donors (Lipinski definition) is 2. The molecule has 3 rings (SSSR count). The van der Waals surface area contributed by atoms with Crippen LogP contribution in [0.5, 0.6) is 5.75 Å². The fourth-order valence-electron chi connectivity index (χ4n) is 2.27. The molecular weight excluding hydrogens is 396 g/mol. The number of carbonyl (C=O) groups is 1. The molecule has 0 radical (unpaired) electrons. The Hall–Kier alpha value is -2.06. The van der Waals surface area contributed by atoms with Crippen molar-refractivity contribution in [2.75, 3.05) is 10.0 Å². The highest BCUT2D eigenvalue weighted by atomic mass is 79.9. The normalized spacial score (nSPS) is 16.8. The molecule has 1 amide bonds. The monoisotopic (exact) mass is 410 g/mol. The van der Waals surface area contributed by atoms with E-state index < -0.39 is 16.1 Å². The van der Waals surface area contributed by atoms with Gasteiger partial charge in [0.05, 0.1) is 16.3 Å². The Morgan fingerprint density at radius 1 is 1.21 bits per heavy atom. The summed E-state index contributed by atoms with van der Waals surface area (Å²) in [5.41, 5.74) is 1.59. The molecule has 126 valence electrons. The van der Waals surface area contributed by atoms with Crippen LogP contribution >= 0.6 is 15.9 Å². The van der Waals surface area contributed by atoms with Crippen molar-refractivity contribution in [1.29, 1.82) is 0 Å². The molecule has 0 unspecified atom stereocenters. The summed E-state index contributed by atoms with van der Waals surface area (Å²) in [7, 11) is -3.73. The molecule has 1 aliphatic heterocycles. The van der Waals surface area contributed by atoms with E-state index in [4.69, 9.17) is 4.74 Å². The molecule has 2 aromatic carbocycles. The number of sulfonamides is 1. The fraction of sp³-hybridized carbons (Fsp3) is 0.188. The van der Waals surface area contributed by atoms with Crippen LogP contribution in [-0.4, -0.2) is 20.4 Å². The van der Waals surface area contributed by atoms with Gasteiger partial charge in [-0.1, -0.05) is 15.9 Å². The molecule has 8 heteroatoms. The minimum absolute atomic E-state index is 0.162. The van der Waals surface area contributed by atoms with Crippen molar-refractivity contribution in [2.24, 2.45) is 0 Å². The van der Waals surface area contributed by atoms with E-state index in [-0.39, 0.29) is 10.8 Å². The Balaban J connectivity index is 1.89. The standard InChI is InChI=1S/C16H15BrN2O4S/c1-9-7-12(4-5-13(9)17)24(21,22)19-11-3-6-15-14(8-11)18-16(20)10(2)23-15/h3-8,10,19H,1-2H3,(H,18,20)/t10-/m1/s1. The second-order valence-electron chi connectivity index (χ2n) is 5.48. The number of carbonyl (C=O) groups excluding carboxylic acids is 1. The molecule has 2 aromatic rings. The maximum Gasteiger partial charge on any atom is 0.265 e. The molecule has 24 heavy (non-hydrogen) atoms. The van der Waals surface area contributed by atoms with E-state index in [2.05, 4.69) is 26.0 Å². The predicted molar refractivity (Wildman–Crippen MR) is 94.8 cm³/mol. The lowest BCUT2D eigenvalue weighted by Crippen LogP contribution is -2.34. The Kier molecular flexibility index (Phi) is 4.27. The topological polar surface area (TPSA) is 84.5 Å². The van der Waals surface area contributed by atoms with Crippen molar-refractivity contribution in [1.82, 2.24) is 0 Å². The average molecular weight is 411 g/mol. The number of ether oxygens (including phenoxy) is 1. The van der Waals surface area contributed by atoms with Crippen LogP contribution in [0.4, 0.5) is 11.4 Å². The lowest BCUT2D eigenvalue weighted by atomic mass is 10.2. The Bertz CT molecular complexity index is 928. The van der Waals surface area contributed by atoms with E-state index in [1.807, 2.05) is 6.92 Å².